The molecule has 7 nitrogen and oxygen atoms in total. The lowest BCUT2D eigenvalue weighted by Gasteiger charge is -2.35. The number of piperazine rings is 1. The molecular formula is C18H22N4O3. The highest BCUT2D eigenvalue weighted by molar-refractivity contribution is 6.05. The van der Waals surface area contributed by atoms with E-state index in [-0.39, 0.29) is 30.9 Å². The van der Waals surface area contributed by atoms with Crippen molar-refractivity contribution in [2.75, 3.05) is 45.2 Å². The van der Waals surface area contributed by atoms with Crippen LogP contribution < -0.4 is 4.90 Å². The first-order valence-corrected chi connectivity index (χ1v) is 8.23. The third-order valence-corrected chi connectivity index (χ3v) is 4.64. The topological polar surface area (TPSA) is 64.2 Å². The lowest BCUT2D eigenvalue weighted by Crippen LogP contribution is -2.54. The molecule has 4 amide bonds. The minimum Gasteiger partial charge on any atom is -0.378 e. The molecule has 3 rings (SSSR count). The number of fused-ring (bicyclic) bond motifs is 1. The van der Waals surface area contributed by atoms with Crippen LogP contribution in [0.2, 0.25) is 0 Å². The molecule has 132 valence electrons. The zero-order valence-electron chi connectivity index (χ0n) is 14.5. The fourth-order valence-electron chi connectivity index (χ4n) is 3.22. The molecule has 1 unspecified atom stereocenters. The van der Waals surface area contributed by atoms with Crippen molar-refractivity contribution in [1.29, 1.82) is 0 Å². The molecule has 1 aromatic carbocycles. The SMILES string of the molecule is C=CCN1C(=O)C2CN(C(=O)c3ccc(N(C)C)cc3)CCN2C1=O. The number of hydrogen-bond acceptors (Lipinski definition) is 4. The van der Waals surface area contributed by atoms with E-state index in [9.17, 15) is 14.4 Å². The van der Waals surface area contributed by atoms with Gasteiger partial charge in [-0.1, -0.05) is 6.08 Å². The predicted octanol–water partition coefficient (Wildman–Crippen LogP) is 1.03. The van der Waals surface area contributed by atoms with Gasteiger partial charge >= 0.3 is 6.03 Å². The monoisotopic (exact) mass is 342 g/mol. The van der Waals surface area contributed by atoms with Crippen molar-refractivity contribution in [3.63, 3.8) is 0 Å². The van der Waals surface area contributed by atoms with Crippen LogP contribution in [-0.2, 0) is 4.79 Å². The molecular weight excluding hydrogens is 320 g/mol. The van der Waals surface area contributed by atoms with Crippen LogP contribution in [0.4, 0.5) is 10.5 Å². The minimum atomic E-state index is -0.591. The molecule has 0 N–H and O–H groups in total. The van der Waals surface area contributed by atoms with E-state index in [2.05, 4.69) is 6.58 Å². The van der Waals surface area contributed by atoms with Crippen molar-refractivity contribution < 1.29 is 14.4 Å². The van der Waals surface area contributed by atoms with Gasteiger partial charge < -0.3 is 14.7 Å². The van der Waals surface area contributed by atoms with E-state index in [1.807, 2.05) is 31.1 Å². The van der Waals surface area contributed by atoms with Gasteiger partial charge in [0.05, 0.1) is 6.54 Å². The molecule has 0 radical (unpaired) electrons. The number of anilines is 1. The molecule has 7 heteroatoms. The first kappa shape index (κ1) is 17.0. The summed E-state index contributed by atoms with van der Waals surface area (Å²) < 4.78 is 0. The molecule has 1 atom stereocenters. The van der Waals surface area contributed by atoms with E-state index >= 15 is 0 Å². The van der Waals surface area contributed by atoms with Gasteiger partial charge in [-0.3, -0.25) is 14.5 Å². The largest absolute Gasteiger partial charge is 0.378 e. The second kappa shape index (κ2) is 6.58. The van der Waals surface area contributed by atoms with Gasteiger partial charge in [-0.05, 0) is 24.3 Å². The lowest BCUT2D eigenvalue weighted by atomic mass is 10.1. The Morgan fingerprint density at radius 2 is 1.92 bits per heavy atom. The van der Waals surface area contributed by atoms with Gasteiger partial charge in [0.15, 0.2) is 0 Å². The third kappa shape index (κ3) is 2.97. The molecule has 0 bridgehead atoms. The molecule has 2 aliphatic heterocycles. The summed E-state index contributed by atoms with van der Waals surface area (Å²) in [5, 5.41) is 0. The summed E-state index contributed by atoms with van der Waals surface area (Å²) in [5.41, 5.74) is 1.59. The highest BCUT2D eigenvalue weighted by atomic mass is 16.2. The standard InChI is InChI=1S/C18H22N4O3/c1-4-9-22-17(24)15-12-20(10-11-21(15)18(22)25)16(23)13-5-7-14(8-6-13)19(2)3/h4-8,15H,1,9-12H2,2-3H3. The smallest absolute Gasteiger partial charge is 0.327 e. The molecule has 0 aliphatic carbocycles. The van der Waals surface area contributed by atoms with Gasteiger partial charge in [0.2, 0.25) is 0 Å². The number of imide groups is 1. The van der Waals surface area contributed by atoms with E-state index in [4.69, 9.17) is 0 Å². The van der Waals surface area contributed by atoms with Crippen LogP contribution in [0.25, 0.3) is 0 Å². The van der Waals surface area contributed by atoms with Crippen LogP contribution in [0.3, 0.4) is 0 Å². The molecule has 2 aliphatic rings. The van der Waals surface area contributed by atoms with Gasteiger partial charge in [-0.15, -0.1) is 6.58 Å². The summed E-state index contributed by atoms with van der Waals surface area (Å²) in [6, 6.07) is 6.47. The molecule has 2 fully saturated rings. The Hall–Kier alpha value is -2.83. The first-order valence-electron chi connectivity index (χ1n) is 8.23. The van der Waals surface area contributed by atoms with Gasteiger partial charge in [-0.25, -0.2) is 4.79 Å². The highest BCUT2D eigenvalue weighted by Gasteiger charge is 2.47. The number of nitrogens with zero attached hydrogens (tertiary/aromatic N) is 4. The quantitative estimate of drug-likeness (QED) is 0.606. The predicted molar refractivity (Wildman–Crippen MR) is 94.5 cm³/mol. The number of hydrogen-bond donors (Lipinski definition) is 0. The maximum absolute atomic E-state index is 12.7. The summed E-state index contributed by atoms with van der Waals surface area (Å²) in [7, 11) is 3.88. The Bertz CT molecular complexity index is 714. The molecule has 1 aromatic rings. The molecule has 25 heavy (non-hydrogen) atoms. The van der Waals surface area contributed by atoms with Gasteiger partial charge in [0.25, 0.3) is 11.8 Å². The summed E-state index contributed by atoms with van der Waals surface area (Å²) >= 11 is 0. The van der Waals surface area contributed by atoms with Crippen molar-refractivity contribution in [1.82, 2.24) is 14.7 Å². The van der Waals surface area contributed by atoms with E-state index in [1.54, 1.807) is 21.9 Å². The summed E-state index contributed by atoms with van der Waals surface area (Å²) in [4.78, 5) is 43.8. The zero-order chi connectivity index (χ0) is 18.1. The molecule has 2 saturated heterocycles. The van der Waals surface area contributed by atoms with Crippen LogP contribution in [0.1, 0.15) is 10.4 Å². The van der Waals surface area contributed by atoms with E-state index in [0.717, 1.165) is 5.69 Å². The number of benzene rings is 1. The number of carbonyl (C=O) groups excluding carboxylic acids is 3. The van der Waals surface area contributed by atoms with Crippen molar-refractivity contribution in [2.24, 2.45) is 0 Å². The Kier molecular flexibility index (Phi) is 4.48. The number of amides is 4. The van der Waals surface area contributed by atoms with Crippen LogP contribution in [0, 0.1) is 0 Å². The third-order valence-electron chi connectivity index (χ3n) is 4.64. The van der Waals surface area contributed by atoms with Gasteiger partial charge in [0.1, 0.15) is 6.04 Å². The normalized spacial score (nSPS) is 19.9. The van der Waals surface area contributed by atoms with E-state index in [0.29, 0.717) is 18.7 Å². The summed E-state index contributed by atoms with van der Waals surface area (Å²) in [6.07, 6.45) is 1.53. The zero-order valence-corrected chi connectivity index (χ0v) is 14.5. The van der Waals surface area contributed by atoms with Crippen LogP contribution in [0.15, 0.2) is 36.9 Å². The van der Waals surface area contributed by atoms with Crippen LogP contribution in [0.5, 0.6) is 0 Å². The highest BCUT2D eigenvalue weighted by Crippen LogP contribution is 2.23. The average Bonchev–Trinajstić information content (AvgIpc) is 2.86. The van der Waals surface area contributed by atoms with Crippen molar-refractivity contribution in [3.05, 3.63) is 42.5 Å². The van der Waals surface area contributed by atoms with Crippen LogP contribution >= 0.6 is 0 Å². The van der Waals surface area contributed by atoms with E-state index in [1.165, 1.54) is 11.0 Å². The average molecular weight is 342 g/mol. The Labute approximate surface area is 147 Å². The van der Waals surface area contributed by atoms with Crippen molar-refractivity contribution >= 4 is 23.5 Å². The fourth-order valence-corrected chi connectivity index (χ4v) is 3.22. The summed E-state index contributed by atoms with van der Waals surface area (Å²) in [5.74, 6) is -0.377. The maximum Gasteiger partial charge on any atom is 0.327 e. The molecule has 0 spiro atoms. The van der Waals surface area contributed by atoms with Crippen LogP contribution in [-0.4, -0.2) is 78.9 Å². The van der Waals surface area contributed by atoms with Crippen molar-refractivity contribution in [2.45, 2.75) is 6.04 Å². The fraction of sp³-hybridized carbons (Fsp3) is 0.389. The molecule has 0 saturated carbocycles. The van der Waals surface area contributed by atoms with E-state index < -0.39 is 6.04 Å². The summed E-state index contributed by atoms with van der Waals surface area (Å²) in [6.45, 7) is 4.80. The number of rotatable bonds is 4. The van der Waals surface area contributed by atoms with Gasteiger partial charge in [0, 0.05) is 45.0 Å². The first-order chi connectivity index (χ1) is 11.9. The Balaban J connectivity index is 1.73. The second-order valence-corrected chi connectivity index (χ2v) is 6.42. The number of carbonyl (C=O) groups is 3. The Morgan fingerprint density at radius 1 is 1.24 bits per heavy atom. The second-order valence-electron chi connectivity index (χ2n) is 6.42. The lowest BCUT2D eigenvalue weighted by molar-refractivity contribution is -0.128. The number of urea groups is 1. The molecule has 2 heterocycles. The minimum absolute atomic E-state index is 0.118. The molecule has 0 aromatic heterocycles. The van der Waals surface area contributed by atoms with Gasteiger partial charge in [-0.2, -0.15) is 0 Å². The van der Waals surface area contributed by atoms with Crippen molar-refractivity contribution in [3.8, 4) is 0 Å². The Morgan fingerprint density at radius 3 is 2.52 bits per heavy atom. The maximum atomic E-state index is 12.7.